The van der Waals surface area contributed by atoms with Gasteiger partial charge in [0.2, 0.25) is 0 Å². The monoisotopic (exact) mass is 546 g/mol. The summed E-state index contributed by atoms with van der Waals surface area (Å²) in [4.78, 5) is 28.0. The number of nitrogens with one attached hydrogen (secondary N) is 2. The number of hydrogen-bond donors (Lipinski definition) is 2. The van der Waals surface area contributed by atoms with E-state index < -0.39 is 17.6 Å². The Morgan fingerprint density at radius 1 is 1.18 bits per heavy atom. The van der Waals surface area contributed by atoms with E-state index in [4.69, 9.17) is 9.72 Å². The summed E-state index contributed by atoms with van der Waals surface area (Å²) < 4.78 is 34.9. The van der Waals surface area contributed by atoms with E-state index in [0.717, 1.165) is 57.2 Å². The molecule has 3 fully saturated rings. The van der Waals surface area contributed by atoms with Crippen molar-refractivity contribution >= 4 is 22.8 Å². The van der Waals surface area contributed by atoms with Crippen molar-refractivity contribution in [2.45, 2.75) is 50.0 Å². The topological polar surface area (TPSA) is 92.3 Å². The molecule has 0 bridgehead atoms. The molecule has 8 nitrogen and oxygen atoms in total. The van der Waals surface area contributed by atoms with Crippen LogP contribution < -0.4 is 15.4 Å². The van der Waals surface area contributed by atoms with Crippen LogP contribution in [0.4, 0.5) is 14.6 Å². The van der Waals surface area contributed by atoms with Crippen LogP contribution in [0.3, 0.4) is 0 Å². The van der Waals surface area contributed by atoms with Crippen molar-refractivity contribution in [1.82, 2.24) is 25.2 Å². The molecule has 4 heterocycles. The highest BCUT2D eigenvalue weighted by molar-refractivity contribution is 5.91. The molecule has 40 heavy (non-hydrogen) atoms. The first-order valence-electron chi connectivity index (χ1n) is 14.2. The highest BCUT2D eigenvalue weighted by Gasteiger charge is 2.47. The van der Waals surface area contributed by atoms with Crippen LogP contribution in [0.5, 0.6) is 6.01 Å². The second-order valence-electron chi connectivity index (χ2n) is 11.5. The van der Waals surface area contributed by atoms with Crippen molar-refractivity contribution in [2.24, 2.45) is 5.92 Å². The molecule has 1 saturated carbocycles. The molecule has 2 aliphatic carbocycles. The number of rotatable bonds is 9. The summed E-state index contributed by atoms with van der Waals surface area (Å²) in [6.45, 7) is 5.99. The van der Waals surface area contributed by atoms with Crippen LogP contribution in [0.2, 0.25) is 0 Å². The maximum atomic E-state index is 15.7. The molecule has 1 amide bonds. The van der Waals surface area contributed by atoms with Gasteiger partial charge in [0.05, 0.1) is 10.9 Å². The lowest BCUT2D eigenvalue weighted by molar-refractivity contribution is -0.118. The maximum Gasteiger partial charge on any atom is 0.320 e. The minimum atomic E-state index is -1.06. The zero-order valence-corrected chi connectivity index (χ0v) is 22.3. The summed E-state index contributed by atoms with van der Waals surface area (Å²) in [6, 6.07) is 7.64. The Labute approximate surface area is 231 Å². The maximum absolute atomic E-state index is 15.7. The molecule has 2 N–H and O–H groups in total. The van der Waals surface area contributed by atoms with E-state index in [9.17, 15) is 9.18 Å². The standard InChI is InChI=1S/C30H32F2N6O2/c1-17(31)28(39)34-10-9-33-26-22-15-23(32)25(20-6-2-5-18-13-19-14-21(19)24(18)20)35-27(22)37-29(36-26)40-16-30-7-3-11-38(30)12-4-8-30/h2,5-6,15,19,21H,1,3-4,7-14,16H2,(H,34,39)(H,33,35,36,37). The van der Waals surface area contributed by atoms with Gasteiger partial charge in [-0.05, 0) is 80.6 Å². The van der Waals surface area contributed by atoms with Crippen molar-refractivity contribution in [2.75, 3.05) is 38.1 Å². The molecule has 2 saturated heterocycles. The Morgan fingerprint density at radius 3 is 2.80 bits per heavy atom. The molecule has 1 aromatic carbocycles. The molecule has 2 aliphatic heterocycles. The predicted octanol–water partition coefficient (Wildman–Crippen LogP) is 4.51. The number of carbonyl (C=O) groups excluding carboxylic acids is 1. The van der Waals surface area contributed by atoms with Crippen LogP contribution in [0.15, 0.2) is 36.7 Å². The number of aromatic nitrogens is 3. The third kappa shape index (κ3) is 4.38. The molecule has 2 aromatic heterocycles. The highest BCUT2D eigenvalue weighted by Crippen LogP contribution is 2.58. The summed E-state index contributed by atoms with van der Waals surface area (Å²) in [5, 5.41) is 5.96. The number of amides is 1. The van der Waals surface area contributed by atoms with E-state index in [1.165, 1.54) is 17.2 Å². The van der Waals surface area contributed by atoms with E-state index in [2.05, 4.69) is 38.1 Å². The zero-order valence-electron chi connectivity index (χ0n) is 22.3. The van der Waals surface area contributed by atoms with Gasteiger partial charge in [-0.25, -0.2) is 13.8 Å². The normalized spacial score (nSPS) is 22.1. The van der Waals surface area contributed by atoms with E-state index in [0.29, 0.717) is 35.3 Å². The van der Waals surface area contributed by atoms with Crippen molar-refractivity contribution in [3.05, 3.63) is 53.6 Å². The first-order chi connectivity index (χ1) is 19.4. The van der Waals surface area contributed by atoms with Crippen molar-refractivity contribution < 1.29 is 18.3 Å². The average Bonchev–Trinajstić information content (AvgIpc) is 3.24. The largest absolute Gasteiger partial charge is 0.461 e. The van der Waals surface area contributed by atoms with E-state index >= 15 is 4.39 Å². The van der Waals surface area contributed by atoms with E-state index in [1.807, 2.05) is 12.1 Å². The molecule has 0 spiro atoms. The Hall–Kier alpha value is -3.66. The summed E-state index contributed by atoms with van der Waals surface area (Å²) in [5.74, 6) is -0.879. The molecule has 10 heteroatoms. The minimum absolute atomic E-state index is 0.0116. The summed E-state index contributed by atoms with van der Waals surface area (Å²) in [6.07, 6.45) is 6.67. The summed E-state index contributed by atoms with van der Waals surface area (Å²) >= 11 is 0. The Kier molecular flexibility index (Phi) is 6.18. The number of pyridine rings is 1. The Morgan fingerprint density at radius 2 is 2.00 bits per heavy atom. The molecule has 0 radical (unpaired) electrons. The predicted molar refractivity (Wildman–Crippen MR) is 147 cm³/mol. The van der Waals surface area contributed by atoms with Crippen LogP contribution in [0.1, 0.15) is 49.1 Å². The quantitative estimate of drug-likeness (QED) is 0.301. The molecular weight excluding hydrogens is 514 g/mol. The smallest absolute Gasteiger partial charge is 0.320 e. The van der Waals surface area contributed by atoms with Gasteiger partial charge >= 0.3 is 6.01 Å². The fraction of sp³-hybridized carbons (Fsp3) is 0.467. The van der Waals surface area contributed by atoms with Crippen LogP contribution in [0.25, 0.3) is 22.3 Å². The van der Waals surface area contributed by atoms with Crippen molar-refractivity contribution in [3.63, 3.8) is 0 Å². The molecule has 7 rings (SSSR count). The number of carbonyl (C=O) groups is 1. The van der Waals surface area contributed by atoms with Crippen LogP contribution >= 0.6 is 0 Å². The SMILES string of the molecule is C=C(F)C(=O)NCCNc1nc(OCC23CCCN2CCC3)nc2nc(-c3cccc4c3C3CC3C4)c(F)cc12. The van der Waals surface area contributed by atoms with Gasteiger partial charge in [0.1, 0.15) is 23.9 Å². The molecule has 2 unspecified atom stereocenters. The highest BCUT2D eigenvalue weighted by atomic mass is 19.1. The lowest BCUT2D eigenvalue weighted by Gasteiger charge is -2.31. The summed E-state index contributed by atoms with van der Waals surface area (Å²) in [5.41, 5.74) is 3.96. The lowest BCUT2D eigenvalue weighted by atomic mass is 9.95. The van der Waals surface area contributed by atoms with Gasteiger partial charge in [0.25, 0.3) is 5.91 Å². The van der Waals surface area contributed by atoms with Gasteiger partial charge in [-0.1, -0.05) is 24.8 Å². The van der Waals surface area contributed by atoms with Gasteiger partial charge in [0, 0.05) is 18.7 Å². The second-order valence-corrected chi connectivity index (χ2v) is 11.5. The number of hydrogen-bond acceptors (Lipinski definition) is 7. The van der Waals surface area contributed by atoms with Gasteiger partial charge in [0.15, 0.2) is 11.5 Å². The van der Waals surface area contributed by atoms with Gasteiger partial charge in [-0.2, -0.15) is 9.97 Å². The first kappa shape index (κ1) is 25.3. The second kappa shape index (κ2) is 9.76. The first-order valence-corrected chi connectivity index (χ1v) is 14.2. The van der Waals surface area contributed by atoms with Gasteiger partial charge in [-0.15, -0.1) is 0 Å². The molecule has 4 aliphatic rings. The number of benzene rings is 1. The number of fused-ring (bicyclic) bond motifs is 5. The third-order valence-electron chi connectivity index (χ3n) is 9.08. The number of ether oxygens (including phenoxy) is 1. The van der Waals surface area contributed by atoms with Crippen LogP contribution in [-0.2, 0) is 11.2 Å². The fourth-order valence-corrected chi connectivity index (χ4v) is 7.06. The average molecular weight is 547 g/mol. The minimum Gasteiger partial charge on any atom is -0.461 e. The van der Waals surface area contributed by atoms with E-state index in [1.54, 1.807) is 0 Å². The fourth-order valence-electron chi connectivity index (χ4n) is 7.06. The third-order valence-corrected chi connectivity index (χ3v) is 9.08. The summed E-state index contributed by atoms with van der Waals surface area (Å²) in [7, 11) is 0. The van der Waals surface area contributed by atoms with E-state index in [-0.39, 0.29) is 30.3 Å². The van der Waals surface area contributed by atoms with Gasteiger partial charge < -0.3 is 15.4 Å². The number of nitrogens with zero attached hydrogens (tertiary/aromatic N) is 4. The van der Waals surface area contributed by atoms with Crippen LogP contribution in [0, 0.1) is 11.7 Å². The Balaban J connectivity index is 1.22. The number of halogens is 2. The van der Waals surface area contributed by atoms with Crippen molar-refractivity contribution in [1.29, 1.82) is 0 Å². The zero-order chi connectivity index (χ0) is 27.4. The van der Waals surface area contributed by atoms with Crippen molar-refractivity contribution in [3.8, 4) is 17.3 Å². The lowest BCUT2D eigenvalue weighted by Crippen LogP contribution is -2.43. The molecule has 208 valence electrons. The number of anilines is 1. The Bertz CT molecular complexity index is 1520. The molecule has 3 aromatic rings. The van der Waals surface area contributed by atoms with Crippen LogP contribution in [-0.4, -0.2) is 64.1 Å². The van der Waals surface area contributed by atoms with Gasteiger partial charge in [-0.3, -0.25) is 9.69 Å². The molecular formula is C30H32F2N6O2. The molecule has 2 atom stereocenters.